The van der Waals surface area contributed by atoms with Crippen LogP contribution in [0.25, 0.3) is 17.5 Å². The van der Waals surface area contributed by atoms with E-state index < -0.39 is 0 Å². The van der Waals surface area contributed by atoms with Gasteiger partial charge in [0.05, 0.1) is 0 Å². The molecule has 0 atom stereocenters. The lowest BCUT2D eigenvalue weighted by Crippen LogP contribution is -2.40. The van der Waals surface area contributed by atoms with Crippen molar-refractivity contribution < 1.29 is 9.59 Å². The molecule has 2 N–H and O–H groups in total. The van der Waals surface area contributed by atoms with Gasteiger partial charge in [0, 0.05) is 42.3 Å². The molecule has 168 valence electrons. The smallest absolute Gasteiger partial charge is 0.246 e. The highest BCUT2D eigenvalue weighted by Gasteiger charge is 2.28. The predicted molar refractivity (Wildman–Crippen MR) is 127 cm³/mol. The number of carbonyl (C=O) groups excluding carboxylic acids is 2. The summed E-state index contributed by atoms with van der Waals surface area (Å²) in [6.07, 6.45) is 7.12. The molecule has 0 bridgehead atoms. The van der Waals surface area contributed by atoms with Gasteiger partial charge in [-0.25, -0.2) is 4.98 Å². The summed E-state index contributed by atoms with van der Waals surface area (Å²) in [4.78, 5) is 31.6. The Morgan fingerprint density at radius 2 is 1.70 bits per heavy atom. The molecule has 1 saturated carbocycles. The first-order chi connectivity index (χ1) is 16.2. The van der Waals surface area contributed by atoms with Crippen molar-refractivity contribution in [3.63, 3.8) is 0 Å². The molecule has 7 heteroatoms. The van der Waals surface area contributed by atoms with Gasteiger partial charge in [-0.05, 0) is 61.6 Å². The number of rotatable bonds is 6. The summed E-state index contributed by atoms with van der Waals surface area (Å²) in [5.41, 5.74) is 2.68. The number of hydrogen-bond donors (Lipinski definition) is 2. The molecule has 1 saturated heterocycles. The molecule has 2 heterocycles. The average molecular weight is 442 g/mol. The molecule has 2 amide bonds. The SMILES string of the molecule is O=C(Nc1ccc(-c2n[nH]c(C3CC3)n2)cc1)C1CCN(C(=O)/C=C/c2ccccc2)CC1. The zero-order chi connectivity index (χ0) is 22.6. The number of nitrogens with one attached hydrogen (secondary N) is 2. The van der Waals surface area contributed by atoms with Gasteiger partial charge in [-0.15, -0.1) is 0 Å². The summed E-state index contributed by atoms with van der Waals surface area (Å²) in [5, 5.41) is 10.3. The Hall–Kier alpha value is -3.74. The van der Waals surface area contributed by atoms with Crippen molar-refractivity contribution >= 4 is 23.6 Å². The number of anilines is 1. The Morgan fingerprint density at radius 1 is 0.970 bits per heavy atom. The standard InChI is InChI=1S/C26H27N5O2/c32-23(13-6-18-4-2-1-3-5-18)31-16-14-21(15-17-31)26(33)27-22-11-9-20(10-12-22)25-28-24(29-30-25)19-7-8-19/h1-6,9-13,19,21H,7-8,14-17H2,(H,27,33)(H,28,29,30)/b13-6+. The molecule has 0 radical (unpaired) electrons. The van der Waals surface area contributed by atoms with E-state index in [4.69, 9.17) is 0 Å². The minimum Gasteiger partial charge on any atom is -0.339 e. The van der Waals surface area contributed by atoms with Gasteiger partial charge in [0.1, 0.15) is 5.82 Å². The second-order valence-corrected chi connectivity index (χ2v) is 8.73. The largest absolute Gasteiger partial charge is 0.339 e. The predicted octanol–water partition coefficient (Wildman–Crippen LogP) is 4.24. The summed E-state index contributed by atoms with van der Waals surface area (Å²) in [7, 11) is 0. The third-order valence-electron chi connectivity index (χ3n) is 6.27. The highest BCUT2D eigenvalue weighted by molar-refractivity contribution is 5.94. The van der Waals surface area contributed by atoms with E-state index in [1.165, 1.54) is 12.8 Å². The van der Waals surface area contributed by atoms with E-state index >= 15 is 0 Å². The Balaban J connectivity index is 1.11. The summed E-state index contributed by atoms with van der Waals surface area (Å²) < 4.78 is 0. The van der Waals surface area contributed by atoms with Gasteiger partial charge in [-0.3, -0.25) is 14.7 Å². The number of likely N-dealkylation sites (tertiary alicyclic amines) is 1. The maximum atomic E-state index is 12.7. The zero-order valence-electron chi connectivity index (χ0n) is 18.4. The monoisotopic (exact) mass is 441 g/mol. The van der Waals surface area contributed by atoms with Crippen LogP contribution in [0.5, 0.6) is 0 Å². The number of aromatic amines is 1. The van der Waals surface area contributed by atoms with Crippen LogP contribution in [0.3, 0.4) is 0 Å². The maximum absolute atomic E-state index is 12.7. The van der Waals surface area contributed by atoms with Gasteiger partial charge >= 0.3 is 0 Å². The first kappa shape index (κ1) is 21.1. The van der Waals surface area contributed by atoms with Crippen LogP contribution in [0.4, 0.5) is 5.69 Å². The van der Waals surface area contributed by atoms with Crippen LogP contribution in [-0.2, 0) is 9.59 Å². The van der Waals surface area contributed by atoms with Gasteiger partial charge in [0.2, 0.25) is 11.8 Å². The molecule has 1 aliphatic carbocycles. The molecule has 1 aromatic heterocycles. The van der Waals surface area contributed by atoms with Crippen LogP contribution in [0, 0.1) is 5.92 Å². The minimum absolute atomic E-state index is 0.00332. The fraction of sp³-hybridized carbons (Fsp3) is 0.308. The topological polar surface area (TPSA) is 91.0 Å². The molecule has 2 aromatic carbocycles. The van der Waals surface area contributed by atoms with Gasteiger partial charge in [0.15, 0.2) is 5.82 Å². The van der Waals surface area contributed by atoms with Crippen molar-refractivity contribution in [3.05, 3.63) is 72.1 Å². The quantitative estimate of drug-likeness (QED) is 0.560. The van der Waals surface area contributed by atoms with Gasteiger partial charge in [0.25, 0.3) is 0 Å². The Kier molecular flexibility index (Phi) is 6.02. The molecule has 2 fully saturated rings. The highest BCUT2D eigenvalue weighted by atomic mass is 16.2. The lowest BCUT2D eigenvalue weighted by atomic mass is 9.95. The van der Waals surface area contributed by atoms with Crippen molar-refractivity contribution in [3.8, 4) is 11.4 Å². The molecular weight excluding hydrogens is 414 g/mol. The summed E-state index contributed by atoms with van der Waals surface area (Å²) in [6.45, 7) is 1.17. The van der Waals surface area contributed by atoms with E-state index in [1.54, 1.807) is 6.08 Å². The van der Waals surface area contributed by atoms with E-state index in [0.29, 0.717) is 37.7 Å². The Morgan fingerprint density at radius 3 is 2.39 bits per heavy atom. The van der Waals surface area contributed by atoms with E-state index in [1.807, 2.05) is 65.6 Å². The Labute approximate surface area is 192 Å². The fourth-order valence-electron chi connectivity index (χ4n) is 4.09. The number of piperidine rings is 1. The van der Waals surface area contributed by atoms with Crippen molar-refractivity contribution in [2.75, 3.05) is 18.4 Å². The van der Waals surface area contributed by atoms with Crippen molar-refractivity contribution in [1.29, 1.82) is 0 Å². The number of carbonyl (C=O) groups is 2. The van der Waals surface area contributed by atoms with Crippen LogP contribution in [0.2, 0.25) is 0 Å². The first-order valence-electron chi connectivity index (χ1n) is 11.5. The minimum atomic E-state index is -0.0964. The molecule has 33 heavy (non-hydrogen) atoms. The van der Waals surface area contributed by atoms with Crippen LogP contribution in [0.15, 0.2) is 60.7 Å². The van der Waals surface area contributed by atoms with Crippen LogP contribution >= 0.6 is 0 Å². The third-order valence-corrected chi connectivity index (χ3v) is 6.27. The van der Waals surface area contributed by atoms with Gasteiger partial charge < -0.3 is 10.2 Å². The van der Waals surface area contributed by atoms with Crippen molar-refractivity contribution in [1.82, 2.24) is 20.1 Å². The molecule has 7 nitrogen and oxygen atoms in total. The van der Waals surface area contributed by atoms with Crippen molar-refractivity contribution in [2.45, 2.75) is 31.6 Å². The van der Waals surface area contributed by atoms with E-state index in [9.17, 15) is 9.59 Å². The molecule has 0 unspecified atom stereocenters. The number of benzene rings is 2. The maximum Gasteiger partial charge on any atom is 0.246 e. The second-order valence-electron chi connectivity index (χ2n) is 8.73. The van der Waals surface area contributed by atoms with E-state index in [0.717, 1.165) is 22.6 Å². The molecule has 5 rings (SSSR count). The fourth-order valence-corrected chi connectivity index (χ4v) is 4.09. The normalized spacial score (nSPS) is 16.8. The van der Waals surface area contributed by atoms with Crippen LogP contribution in [-0.4, -0.2) is 45.0 Å². The Bertz CT molecular complexity index is 1140. The summed E-state index contributed by atoms with van der Waals surface area (Å²) >= 11 is 0. The van der Waals surface area contributed by atoms with Gasteiger partial charge in [-0.1, -0.05) is 30.3 Å². The lowest BCUT2D eigenvalue weighted by Gasteiger charge is -2.30. The first-order valence-corrected chi connectivity index (χ1v) is 11.5. The number of aromatic nitrogens is 3. The van der Waals surface area contributed by atoms with E-state index in [2.05, 4.69) is 20.5 Å². The number of hydrogen-bond acceptors (Lipinski definition) is 4. The van der Waals surface area contributed by atoms with Crippen LogP contribution < -0.4 is 5.32 Å². The number of nitrogens with zero attached hydrogens (tertiary/aromatic N) is 3. The molecule has 3 aromatic rings. The van der Waals surface area contributed by atoms with E-state index in [-0.39, 0.29) is 17.7 Å². The molecule has 1 aliphatic heterocycles. The zero-order valence-corrected chi connectivity index (χ0v) is 18.4. The molecular formula is C26H27N5O2. The van der Waals surface area contributed by atoms with Crippen molar-refractivity contribution in [2.24, 2.45) is 5.92 Å². The molecule has 2 aliphatic rings. The lowest BCUT2D eigenvalue weighted by molar-refractivity contribution is -0.130. The van der Waals surface area contributed by atoms with Gasteiger partial charge in [-0.2, -0.15) is 5.10 Å². The van der Waals surface area contributed by atoms with Crippen LogP contribution in [0.1, 0.15) is 43.0 Å². The number of H-pyrrole nitrogens is 1. The second kappa shape index (κ2) is 9.40. The number of amides is 2. The molecule has 0 spiro atoms. The average Bonchev–Trinajstić information content (AvgIpc) is 3.60. The third kappa shape index (κ3) is 5.19. The highest BCUT2D eigenvalue weighted by Crippen LogP contribution is 2.38. The summed E-state index contributed by atoms with van der Waals surface area (Å²) in [5.74, 6) is 2.08. The summed E-state index contributed by atoms with van der Waals surface area (Å²) in [6, 6.07) is 17.4.